The maximum Gasteiger partial charge on any atom is 0.238 e. The van der Waals surface area contributed by atoms with E-state index >= 15 is 0 Å². The zero-order valence-electron chi connectivity index (χ0n) is 14.4. The summed E-state index contributed by atoms with van der Waals surface area (Å²) in [7, 11) is 0. The molecule has 0 spiro atoms. The molecule has 1 aliphatic carbocycles. The van der Waals surface area contributed by atoms with Crippen molar-refractivity contribution in [2.24, 2.45) is 0 Å². The maximum absolute atomic E-state index is 13.4. The molecule has 1 saturated carbocycles. The largest absolute Gasteiger partial charge is 0.342 e. The number of benzene rings is 1. The molecule has 1 aromatic heterocycles. The summed E-state index contributed by atoms with van der Waals surface area (Å²) in [6, 6.07) is 13.1. The number of hydrogen-bond donors (Lipinski definition) is 2. The lowest BCUT2D eigenvalue weighted by atomic mass is 10.0. The highest BCUT2D eigenvalue weighted by Crippen LogP contribution is 2.39. The third-order valence-electron chi connectivity index (χ3n) is 4.97. The lowest BCUT2D eigenvalue weighted by Crippen LogP contribution is -2.42. The van der Waals surface area contributed by atoms with E-state index in [0.29, 0.717) is 5.92 Å². The van der Waals surface area contributed by atoms with Crippen LogP contribution in [0.5, 0.6) is 0 Å². The first-order valence-electron chi connectivity index (χ1n) is 8.89. The van der Waals surface area contributed by atoms with E-state index < -0.39 is 12.2 Å². The Kier molecular flexibility index (Phi) is 5.89. The fraction of sp³-hybridized carbons (Fsp3) is 0.400. The Morgan fingerprint density at radius 2 is 1.96 bits per heavy atom. The molecule has 2 N–H and O–H groups in total. The minimum atomic E-state index is -0.957. The van der Waals surface area contributed by atoms with E-state index in [2.05, 4.69) is 21.7 Å². The van der Waals surface area contributed by atoms with Crippen molar-refractivity contribution >= 4 is 18.3 Å². The lowest BCUT2D eigenvalue weighted by molar-refractivity contribution is -0.123. The summed E-state index contributed by atoms with van der Waals surface area (Å²) in [5, 5.41) is 5.99. The van der Waals surface area contributed by atoms with E-state index in [1.54, 1.807) is 0 Å². The van der Waals surface area contributed by atoms with Gasteiger partial charge in [0.1, 0.15) is 6.17 Å². The van der Waals surface area contributed by atoms with Crippen molar-refractivity contribution < 1.29 is 9.18 Å². The molecule has 1 aromatic carbocycles. The number of nitrogens with one attached hydrogen (secondary N) is 2. The molecule has 3 unspecified atom stereocenters. The predicted octanol–water partition coefficient (Wildman–Crippen LogP) is 3.29. The number of aromatic nitrogens is 1. The van der Waals surface area contributed by atoms with E-state index in [4.69, 9.17) is 0 Å². The van der Waals surface area contributed by atoms with Crippen LogP contribution in [0.4, 0.5) is 4.39 Å². The summed E-state index contributed by atoms with van der Waals surface area (Å²) in [5.74, 6) is 0.470. The molecular weight excluding hydrogens is 353 g/mol. The van der Waals surface area contributed by atoms with Crippen LogP contribution in [0.25, 0.3) is 0 Å². The molecule has 2 heterocycles. The second-order valence-corrected chi connectivity index (χ2v) is 6.94. The fourth-order valence-electron chi connectivity index (χ4n) is 3.35. The first kappa shape index (κ1) is 18.8. The van der Waals surface area contributed by atoms with Crippen LogP contribution in [0.1, 0.15) is 48.0 Å². The molecule has 2 aliphatic rings. The van der Waals surface area contributed by atoms with Gasteiger partial charge in [0.2, 0.25) is 5.91 Å². The van der Waals surface area contributed by atoms with E-state index in [-0.39, 0.29) is 37.3 Å². The third kappa shape index (κ3) is 4.22. The number of nitrogens with zero attached hydrogens (tertiary/aromatic N) is 1. The Morgan fingerprint density at radius 1 is 1.19 bits per heavy atom. The average Bonchev–Trinajstić information content (AvgIpc) is 3.41. The SMILES string of the molecule is Cl.O=C(NC(c1ccccc1)c1ccc(C2CC2)cn1)C1CC(F)CN1. The Bertz CT molecular complexity index is 736. The van der Waals surface area contributed by atoms with Crippen molar-refractivity contribution in [2.45, 2.75) is 43.4 Å². The zero-order valence-corrected chi connectivity index (χ0v) is 15.2. The van der Waals surface area contributed by atoms with Crippen molar-refractivity contribution in [1.29, 1.82) is 0 Å². The molecule has 1 saturated heterocycles. The molecule has 1 amide bonds. The third-order valence-corrected chi connectivity index (χ3v) is 4.97. The standard InChI is InChI=1S/C20H22FN3O.ClH/c21-16-10-18(23-12-16)20(25)24-19(14-4-2-1-3-5-14)17-9-8-15(11-22-17)13-6-7-13;/h1-5,8-9,11,13,16,18-19,23H,6-7,10,12H2,(H,24,25);1H. The summed E-state index contributed by atoms with van der Waals surface area (Å²) in [6.07, 6.45) is 3.65. The van der Waals surface area contributed by atoms with Crippen LogP contribution >= 0.6 is 12.4 Å². The van der Waals surface area contributed by atoms with Gasteiger partial charge in [0, 0.05) is 19.2 Å². The zero-order chi connectivity index (χ0) is 17.2. The second kappa shape index (κ2) is 8.14. The minimum absolute atomic E-state index is 0. The summed E-state index contributed by atoms with van der Waals surface area (Å²) in [4.78, 5) is 17.2. The Morgan fingerprint density at radius 3 is 2.54 bits per heavy atom. The number of rotatable bonds is 5. The van der Waals surface area contributed by atoms with Crippen molar-refractivity contribution in [3.63, 3.8) is 0 Å². The van der Waals surface area contributed by atoms with Crippen LogP contribution in [0.3, 0.4) is 0 Å². The fourth-order valence-corrected chi connectivity index (χ4v) is 3.35. The van der Waals surface area contributed by atoms with Crippen LogP contribution in [-0.2, 0) is 4.79 Å². The average molecular weight is 376 g/mol. The van der Waals surface area contributed by atoms with Crippen LogP contribution in [0.2, 0.25) is 0 Å². The second-order valence-electron chi connectivity index (χ2n) is 6.94. The first-order chi connectivity index (χ1) is 12.2. The highest BCUT2D eigenvalue weighted by atomic mass is 35.5. The van der Waals surface area contributed by atoms with Crippen LogP contribution in [-0.4, -0.2) is 29.6 Å². The number of halogens is 2. The van der Waals surface area contributed by atoms with Crippen molar-refractivity contribution in [2.75, 3.05) is 6.54 Å². The van der Waals surface area contributed by atoms with Gasteiger partial charge in [-0.1, -0.05) is 36.4 Å². The molecule has 138 valence electrons. The Labute approximate surface area is 159 Å². The number of carbonyl (C=O) groups is 1. The topological polar surface area (TPSA) is 54.0 Å². The number of amides is 1. The van der Waals surface area contributed by atoms with Gasteiger partial charge in [-0.15, -0.1) is 12.4 Å². The van der Waals surface area contributed by atoms with Gasteiger partial charge in [-0.3, -0.25) is 9.78 Å². The monoisotopic (exact) mass is 375 g/mol. The van der Waals surface area contributed by atoms with Gasteiger partial charge in [-0.05, 0) is 36.0 Å². The van der Waals surface area contributed by atoms with E-state index in [1.807, 2.05) is 42.6 Å². The smallest absolute Gasteiger partial charge is 0.238 e. The van der Waals surface area contributed by atoms with Gasteiger partial charge in [-0.2, -0.15) is 0 Å². The molecule has 1 aliphatic heterocycles. The first-order valence-corrected chi connectivity index (χ1v) is 8.89. The molecule has 6 heteroatoms. The van der Waals surface area contributed by atoms with Gasteiger partial charge >= 0.3 is 0 Å². The minimum Gasteiger partial charge on any atom is -0.342 e. The van der Waals surface area contributed by atoms with E-state index in [0.717, 1.165) is 11.3 Å². The highest BCUT2D eigenvalue weighted by molar-refractivity contribution is 5.85. The summed E-state index contributed by atoms with van der Waals surface area (Å²) >= 11 is 0. The molecule has 4 nitrogen and oxygen atoms in total. The van der Waals surface area contributed by atoms with Crippen molar-refractivity contribution in [3.05, 3.63) is 65.5 Å². The van der Waals surface area contributed by atoms with Crippen molar-refractivity contribution in [3.8, 4) is 0 Å². The van der Waals surface area contributed by atoms with Crippen LogP contribution < -0.4 is 10.6 Å². The number of pyridine rings is 1. The Hall–Kier alpha value is -1.98. The molecule has 4 rings (SSSR count). The molecule has 2 aromatic rings. The normalized spacial score (nSPS) is 23.1. The molecule has 0 bridgehead atoms. The van der Waals surface area contributed by atoms with E-state index in [1.165, 1.54) is 18.4 Å². The quantitative estimate of drug-likeness (QED) is 0.843. The maximum atomic E-state index is 13.4. The summed E-state index contributed by atoms with van der Waals surface area (Å²) < 4.78 is 13.4. The van der Waals surface area contributed by atoms with Crippen molar-refractivity contribution in [1.82, 2.24) is 15.6 Å². The molecule has 26 heavy (non-hydrogen) atoms. The van der Waals surface area contributed by atoms with Crippen LogP contribution in [0, 0.1) is 0 Å². The molecular formula is C20H23ClFN3O. The molecule has 3 atom stereocenters. The molecule has 2 fully saturated rings. The number of alkyl halides is 1. The van der Waals surface area contributed by atoms with Gasteiger partial charge < -0.3 is 10.6 Å². The predicted molar refractivity (Wildman–Crippen MR) is 101 cm³/mol. The number of carbonyl (C=O) groups excluding carboxylic acids is 1. The summed E-state index contributed by atoms with van der Waals surface area (Å²) in [5.41, 5.74) is 3.04. The lowest BCUT2D eigenvalue weighted by Gasteiger charge is -2.21. The Balaban J connectivity index is 0.00000196. The van der Waals surface area contributed by atoms with Gasteiger partial charge in [0.05, 0.1) is 17.8 Å². The summed E-state index contributed by atoms with van der Waals surface area (Å²) in [6.45, 7) is 0.239. The highest BCUT2D eigenvalue weighted by Gasteiger charge is 2.31. The van der Waals surface area contributed by atoms with Gasteiger partial charge in [0.15, 0.2) is 0 Å². The van der Waals surface area contributed by atoms with Gasteiger partial charge in [0.25, 0.3) is 0 Å². The number of hydrogen-bond acceptors (Lipinski definition) is 3. The van der Waals surface area contributed by atoms with Gasteiger partial charge in [-0.25, -0.2) is 4.39 Å². The molecule has 0 radical (unpaired) electrons. The van der Waals surface area contributed by atoms with E-state index in [9.17, 15) is 9.18 Å². The van der Waals surface area contributed by atoms with Crippen LogP contribution in [0.15, 0.2) is 48.7 Å².